The van der Waals surface area contributed by atoms with Crippen LogP contribution in [0.1, 0.15) is 25.5 Å². The van der Waals surface area contributed by atoms with Gasteiger partial charge in [0, 0.05) is 6.54 Å². The van der Waals surface area contributed by atoms with E-state index in [-0.39, 0.29) is 16.4 Å². The van der Waals surface area contributed by atoms with Crippen molar-refractivity contribution in [2.24, 2.45) is 5.92 Å². The summed E-state index contributed by atoms with van der Waals surface area (Å²) in [5.74, 6) is -0.0598. The first-order valence-electron chi connectivity index (χ1n) is 9.72. The molecule has 0 amide bonds. The van der Waals surface area contributed by atoms with Crippen LogP contribution in [0.25, 0.3) is 11.2 Å². The van der Waals surface area contributed by atoms with Gasteiger partial charge in [-0.15, -0.1) is 5.10 Å². The smallest absolute Gasteiger partial charge is 0.340 e. The van der Waals surface area contributed by atoms with E-state index in [1.165, 1.54) is 6.42 Å². The number of hydrogen-bond donors (Lipinski definition) is 5. The molecule has 4 rings (SSSR count). The largest absolute Gasteiger partial charge is 0.387 e. The lowest BCUT2D eigenvalue weighted by Gasteiger charge is -2.25. The molecule has 17 heteroatoms. The monoisotopic (exact) mass is 512 g/mol. The third-order valence-electron chi connectivity index (χ3n) is 5.44. The minimum absolute atomic E-state index is 0.0936. The Balaban J connectivity index is 1.57. The molecule has 32 heavy (non-hydrogen) atoms. The van der Waals surface area contributed by atoms with Gasteiger partial charge in [0.05, 0.1) is 5.75 Å². The number of ether oxygens (including phenoxy) is 1. The highest BCUT2D eigenvalue weighted by atomic mass is 35.5. The van der Waals surface area contributed by atoms with Crippen LogP contribution in [0.4, 0.5) is 5.82 Å². The molecule has 3 heterocycles. The number of nitrogens with zero attached hydrogens (tertiary/aromatic N) is 5. The zero-order valence-electron chi connectivity index (χ0n) is 16.5. The normalized spacial score (nSPS) is 27.0. The average molecular weight is 513 g/mol. The SMILES string of the molecule is O=P(O)(O)CS(=O)(=O)C[C@H]1O[C@@H](n2nnc3c(NCC4CCC4)nc(Cl)nc32)[C@H](O)[C@@H]1O. The summed E-state index contributed by atoms with van der Waals surface area (Å²) in [6.45, 7) is 0.663. The quantitative estimate of drug-likeness (QED) is 0.218. The number of nitrogens with one attached hydrogen (secondary N) is 1. The molecule has 1 aliphatic heterocycles. The molecule has 1 saturated carbocycles. The summed E-state index contributed by atoms with van der Waals surface area (Å²) in [5, 5.41) is 31.7. The Morgan fingerprint density at radius 1 is 1.22 bits per heavy atom. The van der Waals surface area contributed by atoms with Gasteiger partial charge in [0.15, 0.2) is 38.5 Å². The number of halogens is 1. The van der Waals surface area contributed by atoms with Crippen molar-refractivity contribution in [1.82, 2.24) is 25.0 Å². The van der Waals surface area contributed by atoms with E-state index in [4.69, 9.17) is 26.1 Å². The predicted molar refractivity (Wildman–Crippen MR) is 111 cm³/mol. The van der Waals surface area contributed by atoms with Crippen LogP contribution in [-0.4, -0.2) is 89.5 Å². The van der Waals surface area contributed by atoms with Crippen LogP contribution in [0.15, 0.2) is 0 Å². The van der Waals surface area contributed by atoms with E-state index in [0.717, 1.165) is 17.5 Å². The summed E-state index contributed by atoms with van der Waals surface area (Å²) >= 11 is 6.03. The summed E-state index contributed by atoms with van der Waals surface area (Å²) in [6, 6.07) is 0. The minimum Gasteiger partial charge on any atom is -0.387 e. The summed E-state index contributed by atoms with van der Waals surface area (Å²) < 4.78 is 41.7. The van der Waals surface area contributed by atoms with E-state index in [0.29, 0.717) is 18.3 Å². The number of rotatable bonds is 8. The molecule has 0 unspecified atom stereocenters. The molecular weight excluding hydrogens is 491 g/mol. The van der Waals surface area contributed by atoms with Gasteiger partial charge in [-0.1, -0.05) is 11.6 Å². The fourth-order valence-corrected chi connectivity index (χ4v) is 7.08. The van der Waals surface area contributed by atoms with E-state index in [1.807, 2.05) is 0 Å². The van der Waals surface area contributed by atoms with Crippen molar-refractivity contribution >= 4 is 46.0 Å². The topological polar surface area (TPSA) is 210 Å². The lowest BCUT2D eigenvalue weighted by Crippen LogP contribution is -2.36. The van der Waals surface area contributed by atoms with Gasteiger partial charge in [0.25, 0.3) is 0 Å². The molecular formula is C15H22ClN6O8PS. The summed E-state index contributed by atoms with van der Waals surface area (Å²) in [4.78, 5) is 26.1. The van der Waals surface area contributed by atoms with Gasteiger partial charge >= 0.3 is 7.60 Å². The molecule has 1 saturated heterocycles. The van der Waals surface area contributed by atoms with Crippen LogP contribution in [0, 0.1) is 5.92 Å². The Bertz CT molecular complexity index is 1150. The molecule has 0 spiro atoms. The van der Waals surface area contributed by atoms with Gasteiger partial charge in [-0.2, -0.15) is 14.6 Å². The maximum absolute atomic E-state index is 12.1. The van der Waals surface area contributed by atoms with Crippen LogP contribution < -0.4 is 5.32 Å². The third kappa shape index (κ3) is 5.04. The van der Waals surface area contributed by atoms with Gasteiger partial charge in [0.1, 0.15) is 18.3 Å². The zero-order chi connectivity index (χ0) is 23.3. The van der Waals surface area contributed by atoms with E-state index in [2.05, 4.69) is 25.6 Å². The van der Waals surface area contributed by atoms with Crippen LogP contribution in [0.3, 0.4) is 0 Å². The zero-order valence-corrected chi connectivity index (χ0v) is 19.0. The molecule has 2 aliphatic rings. The lowest BCUT2D eigenvalue weighted by molar-refractivity contribution is -0.0375. The van der Waals surface area contributed by atoms with Crippen LogP contribution >= 0.6 is 19.2 Å². The third-order valence-corrected chi connectivity index (χ3v) is 9.37. The van der Waals surface area contributed by atoms with Crippen LogP contribution in [-0.2, 0) is 19.1 Å². The number of fused-ring (bicyclic) bond motifs is 1. The second-order valence-electron chi connectivity index (χ2n) is 7.98. The first kappa shape index (κ1) is 23.7. The Kier molecular flexibility index (Phi) is 6.46. The molecule has 2 aromatic heterocycles. The predicted octanol–water partition coefficient (Wildman–Crippen LogP) is -0.744. The minimum atomic E-state index is -4.85. The fraction of sp³-hybridized carbons (Fsp3) is 0.733. The van der Waals surface area contributed by atoms with Gasteiger partial charge in [0.2, 0.25) is 5.28 Å². The average Bonchev–Trinajstić information content (AvgIpc) is 3.14. The molecule has 1 aliphatic carbocycles. The van der Waals surface area contributed by atoms with E-state index in [9.17, 15) is 23.2 Å². The van der Waals surface area contributed by atoms with Gasteiger partial charge in [-0.05, 0) is 30.4 Å². The van der Waals surface area contributed by atoms with Crippen molar-refractivity contribution in [2.45, 2.75) is 43.8 Å². The number of hydrogen-bond acceptors (Lipinski definition) is 11. The molecule has 0 radical (unpaired) electrons. The highest BCUT2D eigenvalue weighted by Crippen LogP contribution is 2.38. The van der Waals surface area contributed by atoms with Gasteiger partial charge < -0.3 is 30.1 Å². The highest BCUT2D eigenvalue weighted by Gasteiger charge is 2.47. The fourth-order valence-electron chi connectivity index (χ4n) is 3.66. The van der Waals surface area contributed by atoms with Crippen molar-refractivity contribution in [1.29, 1.82) is 0 Å². The summed E-state index contributed by atoms with van der Waals surface area (Å²) in [7, 11) is -9.15. The van der Waals surface area contributed by atoms with Crippen LogP contribution in [0.5, 0.6) is 0 Å². The maximum Gasteiger partial charge on any atom is 0.340 e. The molecule has 4 atom stereocenters. The first-order valence-corrected chi connectivity index (χ1v) is 13.7. The second-order valence-corrected chi connectivity index (χ2v) is 12.5. The van der Waals surface area contributed by atoms with Crippen molar-refractivity contribution in [3.63, 3.8) is 0 Å². The van der Waals surface area contributed by atoms with E-state index >= 15 is 0 Å². The van der Waals surface area contributed by atoms with Crippen molar-refractivity contribution in [3.05, 3.63) is 5.28 Å². The number of sulfone groups is 1. The molecule has 178 valence electrons. The number of aliphatic hydroxyl groups is 2. The van der Waals surface area contributed by atoms with Crippen molar-refractivity contribution in [3.8, 4) is 0 Å². The number of aliphatic hydroxyl groups excluding tert-OH is 2. The lowest BCUT2D eigenvalue weighted by atomic mass is 9.85. The summed E-state index contributed by atoms with van der Waals surface area (Å²) in [5.41, 5.74) is -1.06. The van der Waals surface area contributed by atoms with Gasteiger partial charge in [-0.25, -0.2) is 8.42 Å². The summed E-state index contributed by atoms with van der Waals surface area (Å²) in [6.07, 6.45) is -2.72. The molecule has 0 aromatic carbocycles. The molecule has 2 fully saturated rings. The number of aromatic nitrogens is 5. The standard InChI is InChI=1S/C15H22ClN6O8PS/c16-15-18-12(17-4-7-2-1-3-7)9-13(19-15)22(21-20-9)14-11(24)10(23)8(30-14)5-32(28,29)6-31(25,26)27/h7-8,10-11,14,23-24H,1-6H2,(H,17,18,19)(H2,25,26,27)/t8-,10-,11-,14-/m1/s1. The maximum atomic E-state index is 12.1. The van der Waals surface area contributed by atoms with E-state index in [1.54, 1.807) is 0 Å². The van der Waals surface area contributed by atoms with E-state index < -0.39 is 53.2 Å². The second kappa shape index (κ2) is 8.72. The Morgan fingerprint density at radius 3 is 2.56 bits per heavy atom. The van der Waals surface area contributed by atoms with Crippen molar-refractivity contribution < 1.29 is 37.7 Å². The Labute approximate surface area is 187 Å². The number of anilines is 1. The Morgan fingerprint density at radius 2 is 1.94 bits per heavy atom. The van der Waals surface area contributed by atoms with Crippen LogP contribution in [0.2, 0.25) is 5.28 Å². The molecule has 5 N–H and O–H groups in total. The first-order chi connectivity index (χ1) is 14.9. The van der Waals surface area contributed by atoms with Gasteiger partial charge in [-0.3, -0.25) is 4.57 Å². The van der Waals surface area contributed by atoms with Crippen molar-refractivity contribution in [2.75, 3.05) is 23.1 Å². The molecule has 0 bridgehead atoms. The Hall–Kier alpha value is -1.45. The highest BCUT2D eigenvalue weighted by molar-refractivity contribution is 7.97. The molecule has 2 aromatic rings. The molecule has 14 nitrogen and oxygen atoms in total.